The lowest BCUT2D eigenvalue weighted by Gasteiger charge is -2.27. The molecule has 0 aromatic heterocycles. The minimum atomic E-state index is -4.60. The molecular formula is C27H38BF3N4O5. The van der Waals surface area contributed by atoms with Gasteiger partial charge in [0.15, 0.2) is 0 Å². The number of alkyl halides is 3. The van der Waals surface area contributed by atoms with Crippen LogP contribution in [0.5, 0.6) is 0 Å². The number of benzene rings is 1. The topological polar surface area (TPSA) is 135 Å². The summed E-state index contributed by atoms with van der Waals surface area (Å²) in [4.78, 5) is 27.3. The molecule has 4 N–H and O–H groups in total. The van der Waals surface area contributed by atoms with Crippen LogP contribution in [0.15, 0.2) is 35.9 Å². The molecule has 1 fully saturated rings. The molecule has 2 rings (SSSR count). The number of allylic oxidation sites excluding steroid dienone is 1. The fourth-order valence-electron chi connectivity index (χ4n) is 4.45. The van der Waals surface area contributed by atoms with Crippen LogP contribution in [0.4, 0.5) is 13.2 Å². The summed E-state index contributed by atoms with van der Waals surface area (Å²) < 4.78 is 44.5. The zero-order valence-electron chi connectivity index (χ0n) is 23.1. The van der Waals surface area contributed by atoms with E-state index >= 15 is 0 Å². The number of nitriles is 1. The third-order valence-corrected chi connectivity index (χ3v) is 6.49. The van der Waals surface area contributed by atoms with Crippen molar-refractivity contribution in [3.63, 3.8) is 0 Å². The number of ether oxygens (including phenoxy) is 1. The molecule has 2 unspecified atom stereocenters. The Kier molecular flexibility index (Phi) is 13.1. The van der Waals surface area contributed by atoms with Gasteiger partial charge in [-0.05, 0) is 42.7 Å². The monoisotopic (exact) mass is 566 g/mol. The van der Waals surface area contributed by atoms with E-state index in [1.54, 1.807) is 18.2 Å². The number of carbonyl (C=O) groups excluding carboxylic acids is 2. The fraction of sp³-hybridized carbons (Fsp3) is 0.593. The Hall–Kier alpha value is -2.92. The van der Waals surface area contributed by atoms with E-state index in [9.17, 15) is 38.1 Å². The van der Waals surface area contributed by atoms with Crippen LogP contribution in [0.3, 0.4) is 0 Å². The largest absolute Gasteiger partial charge is 0.475 e. The zero-order chi connectivity index (χ0) is 29.9. The van der Waals surface area contributed by atoms with Crippen molar-refractivity contribution in [2.75, 3.05) is 26.3 Å². The predicted octanol–water partition coefficient (Wildman–Crippen LogP) is 1.92. The Morgan fingerprint density at radius 1 is 1.30 bits per heavy atom. The number of amides is 2. The van der Waals surface area contributed by atoms with Crippen LogP contribution < -0.4 is 10.6 Å². The summed E-state index contributed by atoms with van der Waals surface area (Å²) in [6, 6.07) is 7.38. The van der Waals surface area contributed by atoms with Gasteiger partial charge in [-0.2, -0.15) is 18.4 Å². The summed E-state index contributed by atoms with van der Waals surface area (Å²) >= 11 is 0. The predicted molar refractivity (Wildman–Crippen MR) is 144 cm³/mol. The molecule has 220 valence electrons. The Labute approximate surface area is 233 Å². The minimum Gasteiger partial charge on any atom is -0.426 e. The van der Waals surface area contributed by atoms with Crippen molar-refractivity contribution in [3.8, 4) is 6.07 Å². The molecule has 0 radical (unpaired) electrons. The number of halogens is 3. The van der Waals surface area contributed by atoms with E-state index < -0.39 is 56.3 Å². The number of likely N-dealkylation sites (tertiary alicyclic amines) is 1. The molecule has 13 heteroatoms. The van der Waals surface area contributed by atoms with Crippen molar-refractivity contribution < 1.29 is 37.5 Å². The van der Waals surface area contributed by atoms with Crippen LogP contribution in [0, 0.1) is 17.2 Å². The van der Waals surface area contributed by atoms with E-state index in [-0.39, 0.29) is 24.5 Å². The van der Waals surface area contributed by atoms with Crippen molar-refractivity contribution in [1.29, 1.82) is 5.26 Å². The molecule has 0 aliphatic carbocycles. The molecule has 1 aliphatic rings. The van der Waals surface area contributed by atoms with Crippen LogP contribution in [-0.2, 0) is 27.2 Å². The summed E-state index contributed by atoms with van der Waals surface area (Å²) in [5, 5.41) is 33.7. The Bertz CT molecular complexity index is 1060. The van der Waals surface area contributed by atoms with Gasteiger partial charge < -0.3 is 25.0 Å². The van der Waals surface area contributed by atoms with Crippen LogP contribution in [0.2, 0.25) is 0 Å². The van der Waals surface area contributed by atoms with Crippen LogP contribution >= 0.6 is 0 Å². The fourth-order valence-corrected chi connectivity index (χ4v) is 4.45. The lowest BCUT2D eigenvalue weighted by molar-refractivity contribution is -0.135. The number of nitrogens with zero attached hydrogens (tertiary/aromatic N) is 2. The maximum absolute atomic E-state index is 13.0. The molecule has 2 amide bonds. The number of hydrogen-bond donors (Lipinski definition) is 4. The number of carbonyl (C=O) groups is 2. The van der Waals surface area contributed by atoms with E-state index in [0.29, 0.717) is 19.4 Å². The summed E-state index contributed by atoms with van der Waals surface area (Å²) in [7, 11) is -1.95. The van der Waals surface area contributed by atoms with Gasteiger partial charge in [0.2, 0.25) is 5.91 Å². The second-order valence-electron chi connectivity index (χ2n) is 10.2. The average molecular weight is 566 g/mol. The third kappa shape index (κ3) is 10.9. The van der Waals surface area contributed by atoms with Crippen LogP contribution in [-0.4, -0.2) is 84.4 Å². The summed E-state index contributed by atoms with van der Waals surface area (Å²) in [6.45, 7) is 4.11. The van der Waals surface area contributed by atoms with E-state index in [1.807, 2.05) is 39.0 Å². The second kappa shape index (κ2) is 15.8. The van der Waals surface area contributed by atoms with E-state index in [4.69, 9.17) is 4.74 Å². The Morgan fingerprint density at radius 2 is 2.00 bits per heavy atom. The molecular weight excluding hydrogens is 528 g/mol. The van der Waals surface area contributed by atoms with E-state index in [2.05, 4.69) is 10.6 Å². The number of nitrogens with one attached hydrogen (secondary N) is 2. The van der Waals surface area contributed by atoms with Gasteiger partial charge in [0, 0.05) is 6.54 Å². The van der Waals surface area contributed by atoms with Gasteiger partial charge in [-0.25, -0.2) is 0 Å². The quantitative estimate of drug-likeness (QED) is 0.154. The maximum Gasteiger partial charge on any atom is 0.475 e. The van der Waals surface area contributed by atoms with Crippen molar-refractivity contribution in [2.24, 2.45) is 5.92 Å². The highest BCUT2D eigenvalue weighted by Gasteiger charge is 2.34. The summed E-state index contributed by atoms with van der Waals surface area (Å²) in [6.07, 6.45) is -0.970. The van der Waals surface area contributed by atoms with Crippen molar-refractivity contribution in [2.45, 2.75) is 70.7 Å². The van der Waals surface area contributed by atoms with Gasteiger partial charge in [-0.3, -0.25) is 14.9 Å². The highest BCUT2D eigenvalue weighted by atomic mass is 19.4. The molecule has 1 heterocycles. The average Bonchev–Trinajstić information content (AvgIpc) is 3.36. The normalized spacial score (nSPS) is 17.4. The summed E-state index contributed by atoms with van der Waals surface area (Å²) in [5.41, 5.74) is 1.75. The van der Waals surface area contributed by atoms with Gasteiger partial charge in [-0.1, -0.05) is 51.1 Å². The van der Waals surface area contributed by atoms with Crippen LogP contribution in [0.25, 0.3) is 0 Å². The SMILES string of the molecule is CCc1cccc(C[C@H](NC(=O)C(COCC2CCCN2C(=O)C(C#N)=CC(C)C)NCC(F)(F)F)B(O)O)c1. The van der Waals surface area contributed by atoms with E-state index in [1.165, 1.54) is 4.90 Å². The van der Waals surface area contributed by atoms with Gasteiger partial charge in [-0.15, -0.1) is 0 Å². The number of hydrogen-bond acceptors (Lipinski definition) is 7. The molecule has 0 saturated carbocycles. The van der Waals surface area contributed by atoms with Crippen molar-refractivity contribution in [3.05, 3.63) is 47.0 Å². The highest BCUT2D eigenvalue weighted by Crippen LogP contribution is 2.21. The number of aryl methyl sites for hydroxylation is 1. The number of rotatable bonds is 14. The molecule has 1 aliphatic heterocycles. The first-order chi connectivity index (χ1) is 18.8. The smallest absolute Gasteiger partial charge is 0.426 e. The molecule has 40 heavy (non-hydrogen) atoms. The molecule has 1 saturated heterocycles. The first-order valence-corrected chi connectivity index (χ1v) is 13.4. The maximum atomic E-state index is 13.0. The van der Waals surface area contributed by atoms with Gasteiger partial charge in [0.05, 0.1) is 31.7 Å². The van der Waals surface area contributed by atoms with Gasteiger partial charge in [0.25, 0.3) is 5.91 Å². The molecule has 1 aromatic carbocycles. The van der Waals surface area contributed by atoms with Crippen LogP contribution in [0.1, 0.15) is 44.7 Å². The second-order valence-corrected chi connectivity index (χ2v) is 10.2. The lowest BCUT2D eigenvalue weighted by Crippen LogP contribution is -2.56. The minimum absolute atomic E-state index is 0.00766. The Balaban J connectivity index is 2.07. The molecule has 0 bridgehead atoms. The van der Waals surface area contributed by atoms with Crippen molar-refractivity contribution >= 4 is 18.9 Å². The van der Waals surface area contributed by atoms with Gasteiger partial charge >= 0.3 is 13.3 Å². The zero-order valence-corrected chi connectivity index (χ0v) is 23.1. The first-order valence-electron chi connectivity index (χ1n) is 13.4. The standard InChI is InChI=1S/C27H38BF3N4O5/c1-4-19-7-5-8-20(12-19)13-24(28(38)39)34-25(36)23(33-17-27(29,30)31)16-40-15-22-9-6-10-35(22)26(37)21(14-32)11-18(2)3/h5,7-8,11-12,18,22-24,33,38-39H,4,6,9-10,13,15-17H2,1-3H3,(H,34,36)/t22?,23?,24-/m0/s1. The molecule has 3 atom stereocenters. The molecule has 0 spiro atoms. The molecule has 9 nitrogen and oxygen atoms in total. The van der Waals surface area contributed by atoms with Crippen molar-refractivity contribution in [1.82, 2.24) is 15.5 Å². The Morgan fingerprint density at radius 3 is 2.60 bits per heavy atom. The highest BCUT2D eigenvalue weighted by molar-refractivity contribution is 6.43. The van der Waals surface area contributed by atoms with Gasteiger partial charge in [0.1, 0.15) is 17.7 Å². The molecule has 1 aromatic rings. The lowest BCUT2D eigenvalue weighted by atomic mass is 9.75. The first kappa shape index (κ1) is 33.3. The summed E-state index contributed by atoms with van der Waals surface area (Å²) in [5.74, 6) is -2.50. The third-order valence-electron chi connectivity index (χ3n) is 6.49. The van der Waals surface area contributed by atoms with E-state index in [0.717, 1.165) is 17.5 Å².